The summed E-state index contributed by atoms with van der Waals surface area (Å²) in [5, 5.41) is 9.04. The van der Waals surface area contributed by atoms with E-state index in [0.29, 0.717) is 5.75 Å². The van der Waals surface area contributed by atoms with Crippen molar-refractivity contribution in [2.24, 2.45) is 5.92 Å². The summed E-state index contributed by atoms with van der Waals surface area (Å²) in [6.45, 7) is 1.81. The summed E-state index contributed by atoms with van der Waals surface area (Å²) < 4.78 is 39.0. The number of nitrogens with zero attached hydrogens (tertiary/aromatic N) is 1. The van der Waals surface area contributed by atoms with E-state index in [0.717, 1.165) is 11.8 Å². The van der Waals surface area contributed by atoms with E-state index in [9.17, 15) is 14.7 Å². The van der Waals surface area contributed by atoms with Crippen molar-refractivity contribution < 1.29 is 21.5 Å². The number of hydrogen-bond acceptors (Lipinski definition) is 4. The molecule has 1 aliphatic rings. The number of carboxylic acid groups (broad SMARTS) is 1. The summed E-state index contributed by atoms with van der Waals surface area (Å²) in [7, 11) is 0. The highest BCUT2D eigenvalue weighted by Crippen LogP contribution is 2.33. The van der Waals surface area contributed by atoms with Crippen LogP contribution in [0.4, 0.5) is 0 Å². The van der Waals surface area contributed by atoms with Crippen molar-refractivity contribution in [2.75, 3.05) is 12.3 Å². The predicted octanol–water partition coefficient (Wildman–Crippen LogP) is 2.40. The number of hydrogen-bond donors (Lipinski definition) is 2. The zero-order valence-corrected chi connectivity index (χ0v) is 13.1. The van der Waals surface area contributed by atoms with Crippen LogP contribution in [0, 0.1) is 5.92 Å². The molecule has 114 valence electrons. The van der Waals surface area contributed by atoms with Crippen LogP contribution in [0.1, 0.15) is 20.2 Å². The van der Waals surface area contributed by atoms with Gasteiger partial charge in [0.15, 0.2) is 0 Å². The maximum absolute atomic E-state index is 12.4. The van der Waals surface area contributed by atoms with Gasteiger partial charge in [-0.05, 0) is 18.5 Å². The molecule has 1 aromatic carbocycles. The Kier molecular flexibility index (Phi) is 3.63. The number of aliphatic carboxylic acids is 1. The summed E-state index contributed by atoms with van der Waals surface area (Å²) in [6, 6.07) is -2.97. The topological polar surface area (TPSA) is 57.6 Å². The average molecular weight is 330 g/mol. The second-order valence-corrected chi connectivity index (χ2v) is 6.53. The van der Waals surface area contributed by atoms with Gasteiger partial charge in [-0.1, -0.05) is 25.1 Å². The highest BCUT2D eigenvalue weighted by molar-refractivity contribution is 8.00. The van der Waals surface area contributed by atoms with Gasteiger partial charge in [0.05, 0.1) is 6.85 Å². The molecule has 21 heavy (non-hydrogen) atoms. The van der Waals surface area contributed by atoms with Gasteiger partial charge in [0.25, 0.3) is 0 Å². The lowest BCUT2D eigenvalue weighted by Gasteiger charge is -2.24. The minimum absolute atomic E-state index is 0.0710. The molecular weight excluding hydrogens is 306 g/mol. The lowest BCUT2D eigenvalue weighted by atomic mass is 10.1. The largest absolute Gasteiger partial charge is 0.480 e. The molecule has 0 aromatic heterocycles. The third kappa shape index (κ3) is 3.95. The smallest absolute Gasteiger partial charge is 0.326 e. The Bertz CT molecular complexity index is 719. The maximum atomic E-state index is 12.4. The minimum atomic E-state index is -1.12. The van der Waals surface area contributed by atoms with Gasteiger partial charge >= 0.3 is 5.97 Å². The van der Waals surface area contributed by atoms with Crippen LogP contribution in [0.2, 0.25) is 0 Å². The zero-order chi connectivity index (χ0) is 19.8. The summed E-state index contributed by atoms with van der Waals surface area (Å²) in [5.74, 6) is -1.56. The van der Waals surface area contributed by atoms with Crippen molar-refractivity contribution in [1.29, 1.82) is 0 Å². The Hall–Kier alpha value is -1.14. The number of rotatable bonds is 5. The molecule has 1 fully saturated rings. The van der Waals surface area contributed by atoms with Gasteiger partial charge in [-0.2, -0.15) is 12.6 Å². The first kappa shape index (κ1) is 10.6. The molecule has 0 unspecified atom stereocenters. The molecule has 0 saturated carbocycles. The molecule has 0 bridgehead atoms. The first-order valence-electron chi connectivity index (χ1n) is 8.97. The van der Waals surface area contributed by atoms with E-state index in [4.69, 9.17) is 6.85 Å². The molecular formula is C15H19NO3S2. The fourth-order valence-electron chi connectivity index (χ4n) is 2.19. The fraction of sp³-hybridized carbons (Fsp3) is 0.467. The molecule has 1 heterocycles. The summed E-state index contributed by atoms with van der Waals surface area (Å²) >= 11 is 5.11. The lowest BCUT2D eigenvalue weighted by Crippen LogP contribution is -2.43. The molecule has 0 aliphatic carbocycles. The Balaban J connectivity index is 2.30. The van der Waals surface area contributed by atoms with Gasteiger partial charge in [0.1, 0.15) is 6.04 Å². The molecule has 1 aliphatic heterocycles. The van der Waals surface area contributed by atoms with E-state index in [1.165, 1.54) is 4.90 Å². The van der Waals surface area contributed by atoms with Crippen molar-refractivity contribution in [3.05, 3.63) is 30.2 Å². The maximum Gasteiger partial charge on any atom is 0.326 e. The number of carboxylic acids is 1. The van der Waals surface area contributed by atoms with Gasteiger partial charge in [-0.3, -0.25) is 4.79 Å². The van der Waals surface area contributed by atoms with Crippen LogP contribution in [-0.4, -0.2) is 45.5 Å². The number of benzene rings is 1. The van der Waals surface area contributed by atoms with Crippen molar-refractivity contribution in [3.8, 4) is 0 Å². The quantitative estimate of drug-likeness (QED) is 0.814. The standard InChI is InChI=1S/C15H19NO3S2/c1-10(9-20)14(17)16-8-12(7-13(16)15(18)19)21-11-5-3-2-4-6-11/h2-6,10,12-13,20H,7-9H2,1H3,(H,18,19)/t10-,12+,13+/m1/s1/i2D,3D,4D,5D,6D. The van der Waals surface area contributed by atoms with E-state index >= 15 is 0 Å². The van der Waals surface area contributed by atoms with Gasteiger partial charge < -0.3 is 10.0 Å². The average Bonchev–Trinajstić information content (AvgIpc) is 3.04. The summed E-state index contributed by atoms with van der Waals surface area (Å²) in [6.07, 6.45) is 0.146. The van der Waals surface area contributed by atoms with Crippen LogP contribution in [0.3, 0.4) is 0 Å². The normalized spacial score (nSPS) is 26.4. The SMILES string of the molecule is [2H]c1c([2H])c([2H])c(S[C@H]2C[C@@H](C(=O)O)N(C(=O)[C@H](C)CS)C2)c([2H])c1[2H]. The van der Waals surface area contributed by atoms with E-state index in [-0.39, 0.29) is 41.1 Å². The van der Waals surface area contributed by atoms with Crippen LogP contribution < -0.4 is 0 Å². The molecule has 1 saturated heterocycles. The van der Waals surface area contributed by atoms with E-state index < -0.39 is 36.1 Å². The van der Waals surface area contributed by atoms with Crippen LogP contribution in [-0.2, 0) is 9.59 Å². The van der Waals surface area contributed by atoms with Crippen molar-refractivity contribution in [3.63, 3.8) is 0 Å². The second kappa shape index (κ2) is 7.22. The lowest BCUT2D eigenvalue weighted by molar-refractivity contribution is -0.149. The Morgan fingerprint density at radius 3 is 2.76 bits per heavy atom. The van der Waals surface area contributed by atoms with E-state index in [1.54, 1.807) is 6.92 Å². The van der Waals surface area contributed by atoms with Crippen LogP contribution in [0.15, 0.2) is 35.1 Å². The molecule has 1 aromatic rings. The molecule has 6 heteroatoms. The van der Waals surface area contributed by atoms with Gasteiger partial charge in [-0.25, -0.2) is 4.79 Å². The van der Waals surface area contributed by atoms with Gasteiger partial charge in [-0.15, -0.1) is 11.8 Å². The Morgan fingerprint density at radius 2 is 2.19 bits per heavy atom. The van der Waals surface area contributed by atoms with Crippen LogP contribution in [0.25, 0.3) is 0 Å². The second-order valence-electron chi connectivity index (χ2n) is 4.86. The monoisotopic (exact) mass is 330 g/mol. The molecule has 0 spiro atoms. The molecule has 3 atom stereocenters. The first-order chi connectivity index (χ1) is 12.1. The first-order valence-corrected chi connectivity index (χ1v) is 7.99. The molecule has 0 radical (unpaired) electrons. The highest BCUT2D eigenvalue weighted by Gasteiger charge is 2.40. The number of carbonyl (C=O) groups excluding carboxylic acids is 1. The van der Waals surface area contributed by atoms with E-state index in [2.05, 4.69) is 12.6 Å². The molecule has 1 amide bonds. The van der Waals surface area contributed by atoms with Crippen LogP contribution >= 0.6 is 24.4 Å². The van der Waals surface area contributed by atoms with E-state index in [1.807, 2.05) is 0 Å². The number of thiol groups is 1. The summed E-state index contributed by atoms with van der Waals surface area (Å²) in [4.78, 5) is 25.3. The summed E-state index contributed by atoms with van der Waals surface area (Å²) in [5.41, 5.74) is 0. The molecule has 4 nitrogen and oxygen atoms in total. The highest BCUT2D eigenvalue weighted by atomic mass is 32.2. The predicted molar refractivity (Wildman–Crippen MR) is 86.9 cm³/mol. The zero-order valence-electron chi connectivity index (χ0n) is 16.4. The number of thioether (sulfide) groups is 1. The fourth-order valence-corrected chi connectivity index (χ4v) is 3.41. The van der Waals surface area contributed by atoms with Crippen molar-refractivity contribution in [2.45, 2.75) is 29.5 Å². The third-order valence-corrected chi connectivity index (χ3v) is 4.95. The number of likely N-dealkylation sites (tertiary alicyclic amines) is 1. The Morgan fingerprint density at radius 1 is 1.52 bits per heavy atom. The minimum Gasteiger partial charge on any atom is -0.480 e. The van der Waals surface area contributed by atoms with Crippen molar-refractivity contribution >= 4 is 36.3 Å². The van der Waals surface area contributed by atoms with Crippen LogP contribution in [0.5, 0.6) is 0 Å². The Labute approximate surface area is 141 Å². The molecule has 2 rings (SSSR count). The number of carbonyl (C=O) groups is 2. The van der Waals surface area contributed by atoms with Gasteiger partial charge in [0, 0.05) is 28.4 Å². The third-order valence-electron chi connectivity index (χ3n) is 3.29. The van der Waals surface area contributed by atoms with Gasteiger partial charge in [0.2, 0.25) is 5.91 Å². The van der Waals surface area contributed by atoms with Crippen molar-refractivity contribution in [1.82, 2.24) is 4.90 Å². The molecule has 1 N–H and O–H groups in total. The number of amides is 1.